The maximum absolute atomic E-state index is 5.60. The normalized spacial score (nSPS) is 24.7. The molecular weight excluding hydrogens is 228 g/mol. The van der Waals surface area contributed by atoms with E-state index in [1.807, 2.05) is 12.1 Å². The number of nitrogens with zero attached hydrogens (tertiary/aromatic N) is 1. The van der Waals surface area contributed by atoms with Crippen LogP contribution in [0.3, 0.4) is 0 Å². The fourth-order valence-corrected chi connectivity index (χ4v) is 2.47. The Kier molecular flexibility index (Phi) is 3.67. The predicted octanol–water partition coefficient (Wildman–Crippen LogP) is 2.80. The molecule has 0 spiro atoms. The summed E-state index contributed by atoms with van der Waals surface area (Å²) in [6, 6.07) is 8.27. The van der Waals surface area contributed by atoms with Gasteiger partial charge in [0, 0.05) is 24.3 Å². The Balaban J connectivity index is 2.10. The first-order chi connectivity index (χ1) is 8.08. The molecule has 1 aromatic rings. The summed E-state index contributed by atoms with van der Waals surface area (Å²) in [7, 11) is 0. The molecule has 0 bridgehead atoms. The van der Waals surface area contributed by atoms with Crippen molar-refractivity contribution in [1.29, 1.82) is 0 Å². The van der Waals surface area contributed by atoms with Crippen molar-refractivity contribution in [1.82, 2.24) is 0 Å². The van der Waals surface area contributed by atoms with E-state index in [0.29, 0.717) is 4.99 Å². The van der Waals surface area contributed by atoms with E-state index in [0.717, 1.165) is 30.5 Å². The molecule has 0 aliphatic carbocycles. The van der Waals surface area contributed by atoms with Gasteiger partial charge in [0.25, 0.3) is 0 Å². The van der Waals surface area contributed by atoms with E-state index in [1.165, 1.54) is 12.1 Å². The second kappa shape index (κ2) is 5.05. The van der Waals surface area contributed by atoms with Crippen LogP contribution in [0, 0.1) is 11.8 Å². The zero-order valence-electron chi connectivity index (χ0n) is 10.5. The highest BCUT2D eigenvalue weighted by Crippen LogP contribution is 2.26. The molecule has 1 aliphatic rings. The van der Waals surface area contributed by atoms with Crippen molar-refractivity contribution in [3.05, 3.63) is 29.8 Å². The van der Waals surface area contributed by atoms with E-state index in [9.17, 15) is 0 Å². The number of benzene rings is 1. The summed E-state index contributed by atoms with van der Waals surface area (Å²) in [6.07, 6.45) is 1.28. The lowest BCUT2D eigenvalue weighted by molar-refractivity contribution is 0.324. The maximum Gasteiger partial charge on any atom is 0.103 e. The van der Waals surface area contributed by atoms with Crippen LogP contribution in [0.25, 0.3) is 0 Å². The first kappa shape index (κ1) is 12.4. The summed E-state index contributed by atoms with van der Waals surface area (Å²) in [4.78, 5) is 2.92. The zero-order chi connectivity index (χ0) is 12.4. The van der Waals surface area contributed by atoms with Gasteiger partial charge in [0.05, 0.1) is 0 Å². The molecule has 2 rings (SSSR count). The fourth-order valence-electron chi connectivity index (χ4n) is 2.33. The number of anilines is 1. The molecule has 1 aromatic carbocycles. The number of piperidine rings is 1. The first-order valence-electron chi connectivity index (χ1n) is 6.22. The highest BCUT2D eigenvalue weighted by Gasteiger charge is 2.22. The molecule has 2 N–H and O–H groups in total. The Morgan fingerprint density at radius 2 is 1.88 bits per heavy atom. The average Bonchev–Trinajstić information content (AvgIpc) is 2.33. The smallest absolute Gasteiger partial charge is 0.103 e. The Morgan fingerprint density at radius 3 is 2.41 bits per heavy atom. The average molecular weight is 248 g/mol. The van der Waals surface area contributed by atoms with Crippen molar-refractivity contribution in [2.24, 2.45) is 17.6 Å². The molecule has 92 valence electrons. The van der Waals surface area contributed by atoms with Gasteiger partial charge < -0.3 is 10.6 Å². The van der Waals surface area contributed by atoms with Crippen molar-refractivity contribution in [3.63, 3.8) is 0 Å². The minimum Gasteiger partial charge on any atom is -0.389 e. The molecule has 0 saturated carbocycles. The molecule has 2 atom stereocenters. The quantitative estimate of drug-likeness (QED) is 0.816. The van der Waals surface area contributed by atoms with E-state index < -0.39 is 0 Å². The molecule has 1 heterocycles. The van der Waals surface area contributed by atoms with E-state index in [-0.39, 0.29) is 0 Å². The highest BCUT2D eigenvalue weighted by molar-refractivity contribution is 7.80. The largest absolute Gasteiger partial charge is 0.389 e. The molecule has 1 aliphatic heterocycles. The zero-order valence-corrected chi connectivity index (χ0v) is 11.3. The topological polar surface area (TPSA) is 29.3 Å². The minimum atomic E-state index is 0.470. The summed E-state index contributed by atoms with van der Waals surface area (Å²) >= 11 is 4.96. The van der Waals surface area contributed by atoms with Gasteiger partial charge in [-0.1, -0.05) is 26.1 Å². The van der Waals surface area contributed by atoms with E-state index in [4.69, 9.17) is 18.0 Å². The van der Waals surface area contributed by atoms with Crippen LogP contribution >= 0.6 is 12.2 Å². The minimum absolute atomic E-state index is 0.470. The monoisotopic (exact) mass is 248 g/mol. The molecule has 1 fully saturated rings. The number of rotatable bonds is 2. The van der Waals surface area contributed by atoms with Crippen LogP contribution in [-0.2, 0) is 0 Å². The van der Waals surface area contributed by atoms with Gasteiger partial charge in [-0.05, 0) is 42.5 Å². The summed E-state index contributed by atoms with van der Waals surface area (Å²) in [6.45, 7) is 6.98. The Hall–Kier alpha value is -1.09. The molecule has 0 aromatic heterocycles. The van der Waals surface area contributed by atoms with Gasteiger partial charge in [0.1, 0.15) is 4.99 Å². The molecule has 1 saturated heterocycles. The predicted molar refractivity (Wildman–Crippen MR) is 77.5 cm³/mol. The van der Waals surface area contributed by atoms with Crippen LogP contribution in [0.2, 0.25) is 0 Å². The van der Waals surface area contributed by atoms with Crippen molar-refractivity contribution < 1.29 is 0 Å². The third-order valence-corrected chi connectivity index (χ3v) is 4.09. The van der Waals surface area contributed by atoms with Crippen molar-refractivity contribution in [2.45, 2.75) is 20.3 Å². The number of hydrogen-bond donors (Lipinski definition) is 1. The van der Waals surface area contributed by atoms with E-state index >= 15 is 0 Å². The van der Waals surface area contributed by atoms with Crippen LogP contribution in [0.1, 0.15) is 25.8 Å². The molecule has 2 nitrogen and oxygen atoms in total. The lowest BCUT2D eigenvalue weighted by Gasteiger charge is -2.36. The van der Waals surface area contributed by atoms with Crippen LogP contribution in [-0.4, -0.2) is 18.1 Å². The Labute approximate surface area is 109 Å². The molecule has 2 unspecified atom stereocenters. The lowest BCUT2D eigenvalue weighted by Crippen LogP contribution is -2.38. The summed E-state index contributed by atoms with van der Waals surface area (Å²) in [5.41, 5.74) is 7.83. The van der Waals surface area contributed by atoms with Crippen LogP contribution in [0.4, 0.5) is 5.69 Å². The van der Waals surface area contributed by atoms with Crippen molar-refractivity contribution >= 4 is 22.9 Å². The van der Waals surface area contributed by atoms with Gasteiger partial charge in [-0.15, -0.1) is 0 Å². The molecular formula is C14H20N2S. The summed E-state index contributed by atoms with van der Waals surface area (Å²) in [5, 5.41) is 0. The number of hydrogen-bond acceptors (Lipinski definition) is 2. The lowest BCUT2D eigenvalue weighted by atomic mass is 9.88. The van der Waals surface area contributed by atoms with Gasteiger partial charge in [-0.3, -0.25) is 0 Å². The van der Waals surface area contributed by atoms with Gasteiger partial charge in [0.2, 0.25) is 0 Å². The molecule has 0 amide bonds. The fraction of sp³-hybridized carbons (Fsp3) is 0.500. The Bertz CT molecular complexity index is 399. The number of thiocarbonyl (C=S) groups is 1. The highest BCUT2D eigenvalue weighted by atomic mass is 32.1. The van der Waals surface area contributed by atoms with Gasteiger partial charge in [-0.25, -0.2) is 0 Å². The third kappa shape index (κ3) is 2.78. The third-order valence-electron chi connectivity index (χ3n) is 3.85. The summed E-state index contributed by atoms with van der Waals surface area (Å²) < 4.78 is 0. The Morgan fingerprint density at radius 1 is 1.24 bits per heavy atom. The molecule has 17 heavy (non-hydrogen) atoms. The molecule has 0 radical (unpaired) electrons. The van der Waals surface area contributed by atoms with E-state index in [1.54, 1.807) is 0 Å². The summed E-state index contributed by atoms with van der Waals surface area (Å²) in [5.74, 6) is 1.60. The SMILES string of the molecule is CC1CCN(c2ccc(C(N)=S)cc2)CC1C. The van der Waals surface area contributed by atoms with Crippen molar-refractivity contribution in [2.75, 3.05) is 18.0 Å². The van der Waals surface area contributed by atoms with E-state index in [2.05, 4.69) is 30.9 Å². The van der Waals surface area contributed by atoms with Gasteiger partial charge in [0.15, 0.2) is 0 Å². The first-order valence-corrected chi connectivity index (χ1v) is 6.63. The van der Waals surface area contributed by atoms with Gasteiger partial charge in [-0.2, -0.15) is 0 Å². The second-order valence-electron chi connectivity index (χ2n) is 5.10. The molecule has 3 heteroatoms. The number of nitrogens with two attached hydrogens (primary N) is 1. The van der Waals surface area contributed by atoms with Crippen LogP contribution < -0.4 is 10.6 Å². The van der Waals surface area contributed by atoms with Crippen LogP contribution in [0.15, 0.2) is 24.3 Å². The van der Waals surface area contributed by atoms with Crippen LogP contribution in [0.5, 0.6) is 0 Å². The second-order valence-corrected chi connectivity index (χ2v) is 5.54. The maximum atomic E-state index is 5.60. The van der Waals surface area contributed by atoms with Crippen molar-refractivity contribution in [3.8, 4) is 0 Å². The van der Waals surface area contributed by atoms with Gasteiger partial charge >= 0.3 is 0 Å². The standard InChI is InChI=1S/C14H20N2S/c1-10-7-8-16(9-11(10)2)13-5-3-12(4-6-13)14(15)17/h3-6,10-11H,7-9H2,1-2H3,(H2,15,17).